The molecule has 1 saturated carbocycles. The van der Waals surface area contributed by atoms with Gasteiger partial charge in [-0.3, -0.25) is 4.79 Å². The lowest BCUT2D eigenvalue weighted by molar-refractivity contribution is -0.201. The second-order valence-corrected chi connectivity index (χ2v) is 8.32. The van der Waals surface area contributed by atoms with Crippen molar-refractivity contribution in [2.24, 2.45) is 11.8 Å². The summed E-state index contributed by atoms with van der Waals surface area (Å²) in [6.07, 6.45) is 0.435. The first-order chi connectivity index (χ1) is 13.6. The average Bonchev–Trinajstić information content (AvgIpc) is 3.08. The molecule has 166 valence electrons. The van der Waals surface area contributed by atoms with Crippen LogP contribution >= 0.6 is 0 Å². The number of esters is 1. The zero-order valence-corrected chi connectivity index (χ0v) is 17.4. The molecule has 1 aliphatic carbocycles. The van der Waals surface area contributed by atoms with Gasteiger partial charge in [0.2, 0.25) is 0 Å². The Hall–Kier alpha value is -1.57. The third-order valence-electron chi connectivity index (χ3n) is 6.54. The van der Waals surface area contributed by atoms with Crippen LogP contribution in [0.5, 0.6) is 0 Å². The van der Waals surface area contributed by atoms with Crippen LogP contribution < -0.4 is 0 Å². The number of amides is 1. The van der Waals surface area contributed by atoms with Crippen LogP contribution in [0.15, 0.2) is 11.6 Å². The molecule has 1 N–H and O–H groups in total. The molecule has 0 bridgehead atoms. The SMILES string of the molecule is CCOC(=O)/C(C)=C/C[C@H]1CCC[C@@]2(CCC[C@@H]2[C@@H](C)CO)N1C(=O)C(F)(F)F. The van der Waals surface area contributed by atoms with Gasteiger partial charge in [0, 0.05) is 23.8 Å². The van der Waals surface area contributed by atoms with Crippen molar-refractivity contribution in [3.8, 4) is 0 Å². The highest BCUT2D eigenvalue weighted by Gasteiger charge is 2.58. The van der Waals surface area contributed by atoms with Crippen LogP contribution in [0.3, 0.4) is 0 Å². The molecule has 0 aromatic rings. The first-order valence-corrected chi connectivity index (χ1v) is 10.4. The second kappa shape index (κ2) is 9.49. The molecule has 0 aromatic heterocycles. The smallest absolute Gasteiger partial charge is 0.463 e. The van der Waals surface area contributed by atoms with Crippen molar-refractivity contribution in [2.75, 3.05) is 13.2 Å². The van der Waals surface area contributed by atoms with Crippen molar-refractivity contribution in [3.63, 3.8) is 0 Å². The van der Waals surface area contributed by atoms with E-state index in [1.807, 2.05) is 6.92 Å². The van der Waals surface area contributed by atoms with Crippen LogP contribution in [0.25, 0.3) is 0 Å². The summed E-state index contributed by atoms with van der Waals surface area (Å²) in [6, 6.07) is -0.631. The number of hydrogen-bond acceptors (Lipinski definition) is 4. The van der Waals surface area contributed by atoms with Gasteiger partial charge in [0.25, 0.3) is 0 Å². The zero-order valence-electron chi connectivity index (χ0n) is 17.4. The minimum absolute atomic E-state index is 0.118. The normalized spacial score (nSPS) is 29.2. The van der Waals surface area contributed by atoms with Gasteiger partial charge in [-0.1, -0.05) is 19.4 Å². The summed E-state index contributed by atoms with van der Waals surface area (Å²) >= 11 is 0. The molecule has 1 saturated heterocycles. The van der Waals surface area contributed by atoms with Crippen molar-refractivity contribution in [1.82, 2.24) is 4.90 Å². The Labute approximate surface area is 170 Å². The number of aliphatic hydroxyl groups is 1. The zero-order chi connectivity index (χ0) is 21.8. The lowest BCUT2D eigenvalue weighted by Gasteiger charge is -2.54. The molecule has 2 rings (SSSR count). The number of nitrogens with zero attached hydrogens (tertiary/aromatic N) is 1. The van der Waals surface area contributed by atoms with Gasteiger partial charge in [0.05, 0.1) is 6.61 Å². The number of alkyl halides is 3. The van der Waals surface area contributed by atoms with Crippen molar-refractivity contribution >= 4 is 11.9 Å². The van der Waals surface area contributed by atoms with E-state index in [0.717, 1.165) is 11.3 Å². The number of hydrogen-bond donors (Lipinski definition) is 1. The molecule has 4 atom stereocenters. The molecule has 8 heteroatoms. The average molecular weight is 419 g/mol. The minimum atomic E-state index is -4.96. The predicted octanol–water partition coefficient (Wildman–Crippen LogP) is 4.00. The maximum Gasteiger partial charge on any atom is 0.471 e. The van der Waals surface area contributed by atoms with Crippen LogP contribution in [0.1, 0.15) is 65.7 Å². The maximum atomic E-state index is 13.6. The van der Waals surface area contributed by atoms with Crippen LogP contribution in [0.4, 0.5) is 13.2 Å². The summed E-state index contributed by atoms with van der Waals surface area (Å²) in [6.45, 7) is 5.19. The molecule has 1 amide bonds. The molecule has 0 unspecified atom stereocenters. The molecular weight excluding hydrogens is 387 g/mol. The Balaban J connectivity index is 2.39. The first-order valence-electron chi connectivity index (χ1n) is 10.4. The number of carbonyl (C=O) groups is 2. The van der Waals surface area contributed by atoms with Gasteiger partial charge in [-0.25, -0.2) is 4.79 Å². The van der Waals surface area contributed by atoms with Gasteiger partial charge >= 0.3 is 18.1 Å². The van der Waals surface area contributed by atoms with E-state index in [2.05, 4.69) is 0 Å². The first kappa shape index (κ1) is 23.7. The molecule has 1 spiro atoms. The molecule has 1 aliphatic heterocycles. The Morgan fingerprint density at radius 3 is 2.45 bits per heavy atom. The van der Waals surface area contributed by atoms with Gasteiger partial charge in [-0.2, -0.15) is 13.2 Å². The number of piperidine rings is 1. The molecule has 0 aromatic carbocycles. The Kier molecular flexibility index (Phi) is 7.76. The maximum absolute atomic E-state index is 13.6. The number of halogens is 3. The summed E-state index contributed by atoms with van der Waals surface area (Å²) in [5.74, 6) is -2.66. The van der Waals surface area contributed by atoms with E-state index in [9.17, 15) is 27.9 Å². The molecule has 29 heavy (non-hydrogen) atoms. The summed E-state index contributed by atoms with van der Waals surface area (Å²) in [7, 11) is 0. The van der Waals surface area contributed by atoms with Crippen LogP contribution in [0, 0.1) is 11.8 Å². The van der Waals surface area contributed by atoms with E-state index in [1.54, 1.807) is 19.9 Å². The molecule has 0 radical (unpaired) electrons. The molecular formula is C21H32F3NO4. The number of carbonyl (C=O) groups excluding carboxylic acids is 2. The van der Waals surface area contributed by atoms with Gasteiger partial charge < -0.3 is 14.7 Å². The van der Waals surface area contributed by atoms with E-state index >= 15 is 0 Å². The summed E-state index contributed by atoms with van der Waals surface area (Å²) in [5, 5.41) is 9.66. The lowest BCUT2D eigenvalue weighted by Crippen LogP contribution is -2.64. The molecule has 5 nitrogen and oxygen atoms in total. The molecule has 2 fully saturated rings. The van der Waals surface area contributed by atoms with E-state index in [0.29, 0.717) is 37.7 Å². The van der Waals surface area contributed by atoms with Crippen LogP contribution in [0.2, 0.25) is 0 Å². The lowest BCUT2D eigenvalue weighted by atomic mass is 9.71. The summed E-state index contributed by atoms with van der Waals surface area (Å²) in [5.41, 5.74) is -0.554. The van der Waals surface area contributed by atoms with Gasteiger partial charge in [0.1, 0.15) is 0 Å². The summed E-state index contributed by atoms with van der Waals surface area (Å²) < 4.78 is 45.6. The topological polar surface area (TPSA) is 66.8 Å². The predicted molar refractivity (Wildman–Crippen MR) is 102 cm³/mol. The van der Waals surface area contributed by atoms with Crippen molar-refractivity contribution in [3.05, 3.63) is 11.6 Å². The highest BCUT2D eigenvalue weighted by atomic mass is 19.4. The van der Waals surface area contributed by atoms with Crippen LogP contribution in [-0.2, 0) is 14.3 Å². The van der Waals surface area contributed by atoms with E-state index in [1.165, 1.54) is 0 Å². The Bertz CT molecular complexity index is 634. The quantitative estimate of drug-likeness (QED) is 0.522. The van der Waals surface area contributed by atoms with E-state index in [4.69, 9.17) is 4.74 Å². The number of ether oxygens (including phenoxy) is 1. The monoisotopic (exact) mass is 419 g/mol. The van der Waals surface area contributed by atoms with Crippen LogP contribution in [-0.4, -0.2) is 52.9 Å². The second-order valence-electron chi connectivity index (χ2n) is 8.32. The van der Waals surface area contributed by atoms with Crippen molar-refractivity contribution in [2.45, 2.75) is 83.5 Å². The largest absolute Gasteiger partial charge is 0.471 e. The number of likely N-dealkylation sites (tertiary alicyclic amines) is 1. The minimum Gasteiger partial charge on any atom is -0.463 e. The van der Waals surface area contributed by atoms with Gasteiger partial charge in [-0.05, 0) is 64.2 Å². The Morgan fingerprint density at radius 1 is 1.28 bits per heavy atom. The number of aliphatic hydroxyl groups excluding tert-OH is 1. The Morgan fingerprint density at radius 2 is 1.90 bits per heavy atom. The fourth-order valence-corrected chi connectivity index (χ4v) is 5.26. The van der Waals surface area contributed by atoms with Crippen molar-refractivity contribution in [1.29, 1.82) is 0 Å². The number of rotatable bonds is 6. The van der Waals surface area contributed by atoms with E-state index in [-0.39, 0.29) is 31.5 Å². The summed E-state index contributed by atoms with van der Waals surface area (Å²) in [4.78, 5) is 25.5. The standard InChI is InChI=1S/C21H32F3NO4/c1-4-29-18(27)14(2)9-10-16-7-5-11-20(25(16)19(28)21(22,23)24)12-6-8-17(20)15(3)13-26/h9,15-17,26H,4-8,10-13H2,1-3H3/b14-9+/t15-,16+,17+,20-/m0/s1. The third-order valence-corrected chi connectivity index (χ3v) is 6.54. The van der Waals surface area contributed by atoms with Gasteiger partial charge in [0.15, 0.2) is 0 Å². The van der Waals surface area contributed by atoms with Gasteiger partial charge in [-0.15, -0.1) is 0 Å². The third kappa shape index (κ3) is 4.95. The fraction of sp³-hybridized carbons (Fsp3) is 0.810. The molecule has 2 aliphatic rings. The fourth-order valence-electron chi connectivity index (χ4n) is 5.26. The van der Waals surface area contributed by atoms with E-state index < -0.39 is 29.6 Å². The van der Waals surface area contributed by atoms with Crippen molar-refractivity contribution < 1.29 is 32.6 Å². The highest BCUT2D eigenvalue weighted by molar-refractivity contribution is 5.87. The highest BCUT2D eigenvalue weighted by Crippen LogP contribution is 2.52. The molecule has 1 heterocycles.